The van der Waals surface area contributed by atoms with Crippen molar-refractivity contribution < 1.29 is 20.0 Å². The van der Waals surface area contributed by atoms with Gasteiger partial charge in [-0.15, -0.1) is 0 Å². The second-order valence-corrected chi connectivity index (χ2v) is 37.1. The number of hydrogen-bond acceptors (Lipinski definition) is 0. The molecule has 1 fully saturated rings. The average molecular weight is 793 g/mol. The number of rotatable bonds is 5. The minimum absolute atomic E-state index is 0.633. The minimum atomic E-state index is -3.13. The summed E-state index contributed by atoms with van der Waals surface area (Å²) in [6, 6.07) is 41.2. The van der Waals surface area contributed by atoms with Crippen molar-refractivity contribution in [3.05, 3.63) is 164 Å². The van der Waals surface area contributed by atoms with Gasteiger partial charge in [-0.2, -0.15) is 0 Å². The van der Waals surface area contributed by atoms with Crippen LogP contribution in [-0.2, 0) is 26.4 Å². The van der Waals surface area contributed by atoms with Gasteiger partial charge in [0.25, 0.3) is 0 Å². The topological polar surface area (TPSA) is 0 Å². The summed E-state index contributed by atoms with van der Waals surface area (Å²) < 4.78 is 6.86. The summed E-state index contributed by atoms with van der Waals surface area (Å²) in [6.07, 6.45) is 6.64. The van der Waals surface area contributed by atoms with Crippen molar-refractivity contribution in [2.24, 2.45) is 0 Å². The van der Waals surface area contributed by atoms with Crippen molar-refractivity contribution >= 4 is 20.2 Å². The van der Waals surface area contributed by atoms with Crippen molar-refractivity contribution in [1.82, 2.24) is 0 Å². The van der Waals surface area contributed by atoms with Crippen LogP contribution in [0.3, 0.4) is 0 Å². The average Bonchev–Trinajstić information content (AvgIpc) is 3.64. The van der Waals surface area contributed by atoms with E-state index >= 15 is 0 Å². The van der Waals surface area contributed by atoms with Crippen LogP contribution in [0.25, 0.3) is 34.4 Å². The van der Waals surface area contributed by atoms with Gasteiger partial charge in [0.05, 0.1) is 0 Å². The van der Waals surface area contributed by atoms with Crippen molar-refractivity contribution in [2.45, 2.75) is 63.4 Å². The van der Waals surface area contributed by atoms with E-state index in [0.29, 0.717) is 7.35 Å². The summed E-state index contributed by atoms with van der Waals surface area (Å²) >= 11 is -3.13. The molecule has 2 atom stereocenters. The molecule has 234 valence electrons. The van der Waals surface area contributed by atoms with Gasteiger partial charge >= 0.3 is 289 Å². The Morgan fingerprint density at radius 2 is 1.00 bits per heavy atom. The molecular weight excluding hydrogens is 747 g/mol. The van der Waals surface area contributed by atoms with Gasteiger partial charge in [-0.05, 0) is 0 Å². The first-order valence-electron chi connectivity index (χ1n) is 17.5. The van der Waals surface area contributed by atoms with Gasteiger partial charge in [0, 0.05) is 0 Å². The molecule has 3 aliphatic rings. The fourth-order valence-corrected chi connectivity index (χ4v) is 42.1. The van der Waals surface area contributed by atoms with Crippen LogP contribution >= 0.6 is 0 Å². The Balaban J connectivity index is 1.35. The molecule has 0 bridgehead atoms. The van der Waals surface area contributed by atoms with E-state index in [9.17, 15) is 0 Å². The van der Waals surface area contributed by atoms with Crippen LogP contribution in [0.15, 0.2) is 114 Å². The zero-order valence-electron chi connectivity index (χ0n) is 29.0. The molecule has 1 heterocycles. The molecule has 2 heteroatoms. The first-order valence-corrected chi connectivity index (χ1v) is 31.5. The molecule has 0 nitrogen and oxygen atoms in total. The van der Waals surface area contributed by atoms with Crippen LogP contribution in [0.2, 0.25) is 22.0 Å². The summed E-state index contributed by atoms with van der Waals surface area (Å²) in [7, 11) is -2.08. The van der Waals surface area contributed by atoms with Gasteiger partial charge in [0.15, 0.2) is 0 Å². The van der Waals surface area contributed by atoms with Crippen molar-refractivity contribution in [3.8, 4) is 22.3 Å². The van der Waals surface area contributed by atoms with E-state index in [0.717, 1.165) is 6.42 Å². The molecule has 47 heavy (non-hydrogen) atoms. The predicted molar refractivity (Wildman–Crippen MR) is 202 cm³/mol. The quantitative estimate of drug-likeness (QED) is 0.156. The number of benzene rings is 5. The van der Waals surface area contributed by atoms with Gasteiger partial charge in [-0.1, -0.05) is 0 Å². The molecule has 0 spiro atoms. The maximum atomic E-state index is 2.80. The molecule has 1 saturated heterocycles. The van der Waals surface area contributed by atoms with Gasteiger partial charge in [-0.3, -0.25) is 0 Å². The Morgan fingerprint density at radius 1 is 0.553 bits per heavy atom. The fourth-order valence-electron chi connectivity index (χ4n) is 9.79. The first-order chi connectivity index (χ1) is 22.5. The zero-order valence-corrected chi connectivity index (χ0v) is 33.6. The van der Waals surface area contributed by atoms with E-state index in [1.54, 1.807) is 11.1 Å². The van der Waals surface area contributed by atoms with Gasteiger partial charge in [0.2, 0.25) is 0 Å². The molecule has 8 rings (SSSR count). The second-order valence-electron chi connectivity index (χ2n) is 15.6. The summed E-state index contributed by atoms with van der Waals surface area (Å²) in [5, 5.41) is 3.69. The zero-order chi connectivity index (χ0) is 32.7. The van der Waals surface area contributed by atoms with Crippen LogP contribution in [-0.4, -0.2) is 8.07 Å². The molecular formula is C45H46HfSi. The van der Waals surface area contributed by atoms with E-state index in [1.807, 2.05) is 10.4 Å². The van der Waals surface area contributed by atoms with Crippen LogP contribution in [0.1, 0.15) is 57.4 Å². The number of allylic oxidation sites excluding steroid dienone is 2. The van der Waals surface area contributed by atoms with Crippen molar-refractivity contribution in [2.75, 3.05) is 0 Å². The Morgan fingerprint density at radius 3 is 1.45 bits per heavy atom. The maximum absolute atomic E-state index is 3.13. The van der Waals surface area contributed by atoms with Gasteiger partial charge in [0.1, 0.15) is 0 Å². The number of fused-ring (bicyclic) bond motifs is 6. The van der Waals surface area contributed by atoms with Crippen LogP contribution in [0.5, 0.6) is 0 Å². The third-order valence-electron chi connectivity index (χ3n) is 11.7. The second kappa shape index (κ2) is 11.4. The first kappa shape index (κ1) is 31.0. The van der Waals surface area contributed by atoms with Crippen LogP contribution < -0.4 is 0 Å². The molecule has 1 aliphatic heterocycles. The summed E-state index contributed by atoms with van der Waals surface area (Å²) in [5.74, 6) is 0. The molecule has 2 unspecified atom stereocenters. The Bertz CT molecular complexity index is 1960. The van der Waals surface area contributed by atoms with Crippen molar-refractivity contribution in [1.29, 1.82) is 0 Å². The number of hydrogen-bond donors (Lipinski definition) is 0. The molecule has 0 radical (unpaired) electrons. The fraction of sp³-hybridized carbons (Fsp3) is 0.244. The van der Waals surface area contributed by atoms with Gasteiger partial charge in [-0.25, -0.2) is 0 Å². The molecule has 0 aromatic heterocycles. The number of aryl methyl sites for hydroxylation is 5. The SMILES string of the molecule is Cc1cc(C)cc(-c2cccc3c2C=C2[CH]3[Hf]([CH3])([CH3])[CH]3C(=Cc4c(-c5cc(C)cc(C)c5)cccc43)[Si]2(C)CCc2ccccc2)c1. The third kappa shape index (κ3) is 5.01. The molecule has 0 amide bonds. The standard InChI is InChI=1S/C43H40Si.2CH3.Hf/c1-29-19-30(2)22-36(21-29)40-15-9-13-34-25-38(27-42(34)40)44(5,18-17-33-11-7-6-8-12-33)39-26-35-14-10-16-41(43(35)28-39)37-23-31(3)20-32(4)24-37;;;/h6-16,19-28H,17-18H2,1-5H3;2*1H3;. The monoisotopic (exact) mass is 794 g/mol. The molecule has 2 aliphatic carbocycles. The van der Waals surface area contributed by atoms with Crippen LogP contribution in [0.4, 0.5) is 0 Å². The Labute approximate surface area is 287 Å². The normalized spacial score (nSPS) is 21.8. The summed E-state index contributed by atoms with van der Waals surface area (Å²) in [5.41, 5.74) is 18.8. The molecule has 0 N–H and O–H groups in total. The summed E-state index contributed by atoms with van der Waals surface area (Å²) in [6.45, 7) is 11.7. The van der Waals surface area contributed by atoms with Gasteiger partial charge < -0.3 is 0 Å². The summed E-state index contributed by atoms with van der Waals surface area (Å²) in [4.78, 5) is 0. The van der Waals surface area contributed by atoms with Crippen LogP contribution in [0, 0.1) is 27.7 Å². The third-order valence-corrected chi connectivity index (χ3v) is 33.6. The Hall–Kier alpha value is -3.33. The molecule has 5 aromatic carbocycles. The Kier molecular flexibility index (Phi) is 7.50. The van der Waals surface area contributed by atoms with Crippen molar-refractivity contribution in [3.63, 3.8) is 0 Å². The molecule has 0 saturated carbocycles. The predicted octanol–water partition coefficient (Wildman–Crippen LogP) is 12.5. The van der Waals surface area contributed by atoms with E-state index < -0.39 is 28.0 Å². The van der Waals surface area contributed by atoms with E-state index in [-0.39, 0.29) is 0 Å². The van der Waals surface area contributed by atoms with E-state index in [4.69, 9.17) is 0 Å². The van der Waals surface area contributed by atoms with E-state index in [1.165, 1.54) is 67.2 Å². The molecule has 5 aromatic rings. The van der Waals surface area contributed by atoms with E-state index in [2.05, 4.69) is 159 Å².